The van der Waals surface area contributed by atoms with E-state index >= 15 is 0 Å². The molecular formula is C18H18ClN3O3S3. The topological polar surface area (TPSA) is 71.7 Å². The second-order valence-electron chi connectivity index (χ2n) is 6.60. The van der Waals surface area contributed by atoms with Gasteiger partial charge >= 0.3 is 0 Å². The summed E-state index contributed by atoms with van der Waals surface area (Å²) in [6, 6.07) is 11.0. The lowest BCUT2D eigenvalue weighted by molar-refractivity contribution is -0.122. The minimum atomic E-state index is -3.55. The van der Waals surface area contributed by atoms with E-state index in [0.29, 0.717) is 35.1 Å². The molecule has 1 amide bonds. The number of thiazole rings is 1. The monoisotopic (exact) mass is 455 g/mol. The van der Waals surface area contributed by atoms with Crippen LogP contribution in [0.4, 0.5) is 0 Å². The highest BCUT2D eigenvalue weighted by molar-refractivity contribution is 7.91. The third kappa shape index (κ3) is 3.69. The molecule has 0 spiro atoms. The molecule has 2 aromatic heterocycles. The molecule has 0 N–H and O–H groups in total. The van der Waals surface area contributed by atoms with Gasteiger partial charge in [-0.3, -0.25) is 4.79 Å². The lowest BCUT2D eigenvalue weighted by Crippen LogP contribution is -2.40. The summed E-state index contributed by atoms with van der Waals surface area (Å²) in [5.41, 5.74) is 1.04. The summed E-state index contributed by atoms with van der Waals surface area (Å²) in [4.78, 5) is 17.7. The molecule has 10 heteroatoms. The van der Waals surface area contributed by atoms with E-state index in [1.807, 2.05) is 35.9 Å². The standard InChI is InChI=1S/C18H18ClN3O3S3/c1-21-13-4-2-3-5-14(13)26-18(21)20-17(23)12-8-10-22(11-9-12)28(24,25)16-7-6-15(19)27-16/h2-7,12H,8-11H2,1H3. The van der Waals surface area contributed by atoms with Gasteiger partial charge in [0.25, 0.3) is 15.9 Å². The molecule has 1 saturated heterocycles. The Morgan fingerprint density at radius 1 is 1.14 bits per heavy atom. The van der Waals surface area contributed by atoms with E-state index in [9.17, 15) is 13.2 Å². The van der Waals surface area contributed by atoms with Crippen LogP contribution in [0.15, 0.2) is 45.6 Å². The van der Waals surface area contributed by atoms with Crippen LogP contribution in [0.1, 0.15) is 12.8 Å². The zero-order valence-corrected chi connectivity index (χ0v) is 18.2. The first kappa shape index (κ1) is 19.8. The van der Waals surface area contributed by atoms with Crippen molar-refractivity contribution in [2.45, 2.75) is 17.1 Å². The van der Waals surface area contributed by atoms with Gasteiger partial charge in [-0.1, -0.05) is 35.1 Å². The van der Waals surface area contributed by atoms with Crippen molar-refractivity contribution < 1.29 is 13.2 Å². The van der Waals surface area contributed by atoms with Crippen molar-refractivity contribution in [3.05, 3.63) is 45.5 Å². The molecule has 0 atom stereocenters. The number of para-hydroxylation sites is 1. The molecule has 0 radical (unpaired) electrons. The number of aromatic nitrogens is 1. The van der Waals surface area contributed by atoms with Gasteiger partial charge in [0, 0.05) is 26.1 Å². The second-order valence-corrected chi connectivity index (χ2v) is 11.5. The number of hydrogen-bond acceptors (Lipinski definition) is 5. The van der Waals surface area contributed by atoms with Crippen molar-refractivity contribution in [2.75, 3.05) is 13.1 Å². The zero-order chi connectivity index (χ0) is 19.9. The lowest BCUT2D eigenvalue weighted by Gasteiger charge is -2.29. The number of rotatable bonds is 3. The fourth-order valence-electron chi connectivity index (χ4n) is 3.28. The van der Waals surface area contributed by atoms with E-state index in [2.05, 4.69) is 4.99 Å². The molecule has 1 aromatic carbocycles. The van der Waals surface area contributed by atoms with Crippen LogP contribution in [0, 0.1) is 5.92 Å². The zero-order valence-electron chi connectivity index (χ0n) is 15.0. The highest BCUT2D eigenvalue weighted by Crippen LogP contribution is 2.30. The number of sulfonamides is 1. The minimum Gasteiger partial charge on any atom is -0.319 e. The summed E-state index contributed by atoms with van der Waals surface area (Å²) >= 11 is 8.40. The van der Waals surface area contributed by atoms with Crippen molar-refractivity contribution in [3.8, 4) is 0 Å². The highest BCUT2D eigenvalue weighted by Gasteiger charge is 2.32. The van der Waals surface area contributed by atoms with Gasteiger partial charge in [-0.2, -0.15) is 9.30 Å². The van der Waals surface area contributed by atoms with Gasteiger partial charge in [-0.05, 0) is 37.1 Å². The Morgan fingerprint density at radius 2 is 1.86 bits per heavy atom. The Labute approximate surface area is 175 Å². The first-order valence-corrected chi connectivity index (χ1v) is 12.2. The number of amides is 1. The fourth-order valence-corrected chi connectivity index (χ4v) is 7.41. The maximum atomic E-state index is 12.7. The molecular weight excluding hydrogens is 438 g/mol. The smallest absolute Gasteiger partial charge is 0.252 e. The first-order chi connectivity index (χ1) is 13.4. The number of aryl methyl sites for hydroxylation is 1. The molecule has 1 fully saturated rings. The van der Waals surface area contributed by atoms with Crippen molar-refractivity contribution in [3.63, 3.8) is 0 Å². The molecule has 4 rings (SSSR count). The van der Waals surface area contributed by atoms with Crippen LogP contribution < -0.4 is 4.80 Å². The average molecular weight is 456 g/mol. The predicted octanol–water partition coefficient (Wildman–Crippen LogP) is 3.48. The summed E-state index contributed by atoms with van der Waals surface area (Å²) in [6.07, 6.45) is 0.935. The number of nitrogens with zero attached hydrogens (tertiary/aromatic N) is 3. The quantitative estimate of drug-likeness (QED) is 0.607. The molecule has 0 saturated carbocycles. The van der Waals surface area contributed by atoms with Gasteiger partial charge in [0.1, 0.15) is 4.21 Å². The van der Waals surface area contributed by atoms with E-state index in [1.54, 1.807) is 6.07 Å². The van der Waals surface area contributed by atoms with Crippen LogP contribution in [0.2, 0.25) is 4.34 Å². The summed E-state index contributed by atoms with van der Waals surface area (Å²) in [7, 11) is -1.65. The van der Waals surface area contributed by atoms with Crippen LogP contribution >= 0.6 is 34.3 Å². The molecule has 1 aliphatic heterocycles. The van der Waals surface area contributed by atoms with Crippen molar-refractivity contribution in [2.24, 2.45) is 18.0 Å². The molecule has 148 valence electrons. The number of piperidine rings is 1. The predicted molar refractivity (Wildman–Crippen MR) is 112 cm³/mol. The number of hydrogen-bond donors (Lipinski definition) is 0. The number of fused-ring (bicyclic) bond motifs is 1. The van der Waals surface area contributed by atoms with E-state index in [1.165, 1.54) is 21.7 Å². The molecule has 6 nitrogen and oxygen atoms in total. The van der Waals surface area contributed by atoms with Gasteiger partial charge in [0.05, 0.1) is 14.6 Å². The van der Waals surface area contributed by atoms with Crippen LogP contribution in [-0.4, -0.2) is 36.3 Å². The molecule has 1 aliphatic rings. The Bertz CT molecular complexity index is 1200. The van der Waals surface area contributed by atoms with Crippen LogP contribution in [0.5, 0.6) is 0 Å². The molecule has 0 aliphatic carbocycles. The van der Waals surface area contributed by atoms with Gasteiger partial charge in [-0.25, -0.2) is 8.42 Å². The maximum Gasteiger partial charge on any atom is 0.252 e. The van der Waals surface area contributed by atoms with Crippen LogP contribution in [0.3, 0.4) is 0 Å². The third-order valence-corrected chi connectivity index (χ3v) is 9.58. The Balaban J connectivity index is 1.49. The summed E-state index contributed by atoms with van der Waals surface area (Å²) < 4.78 is 30.5. The van der Waals surface area contributed by atoms with Crippen molar-refractivity contribution >= 4 is 60.4 Å². The molecule has 0 bridgehead atoms. The molecule has 28 heavy (non-hydrogen) atoms. The van der Waals surface area contributed by atoms with Crippen molar-refractivity contribution in [1.82, 2.24) is 8.87 Å². The third-order valence-electron chi connectivity index (χ3n) is 4.87. The summed E-state index contributed by atoms with van der Waals surface area (Å²) in [6.45, 7) is 0.616. The molecule has 0 unspecified atom stereocenters. The highest BCUT2D eigenvalue weighted by atomic mass is 35.5. The summed E-state index contributed by atoms with van der Waals surface area (Å²) in [5, 5.41) is 0. The minimum absolute atomic E-state index is 0.182. The second kappa shape index (κ2) is 7.72. The number of carbonyl (C=O) groups excluding carboxylic acids is 1. The number of halogens is 1. The van der Waals surface area contributed by atoms with Gasteiger partial charge in [-0.15, -0.1) is 11.3 Å². The van der Waals surface area contributed by atoms with E-state index in [4.69, 9.17) is 11.6 Å². The normalized spacial score (nSPS) is 17.4. The van der Waals surface area contributed by atoms with Crippen molar-refractivity contribution in [1.29, 1.82) is 0 Å². The maximum absolute atomic E-state index is 12.7. The van der Waals surface area contributed by atoms with E-state index in [0.717, 1.165) is 21.6 Å². The lowest BCUT2D eigenvalue weighted by atomic mass is 9.98. The Hall–Kier alpha value is -1.52. The molecule has 3 aromatic rings. The number of benzene rings is 1. The summed E-state index contributed by atoms with van der Waals surface area (Å²) in [5.74, 6) is -0.443. The molecule has 3 heterocycles. The van der Waals surface area contributed by atoms with Gasteiger partial charge in [0.15, 0.2) is 4.80 Å². The van der Waals surface area contributed by atoms with E-state index in [-0.39, 0.29) is 16.0 Å². The van der Waals surface area contributed by atoms with E-state index < -0.39 is 10.0 Å². The number of thiophene rings is 1. The number of carbonyl (C=O) groups is 1. The largest absolute Gasteiger partial charge is 0.319 e. The first-order valence-electron chi connectivity index (χ1n) is 8.75. The van der Waals surface area contributed by atoms with Crippen LogP contribution in [-0.2, 0) is 21.9 Å². The average Bonchev–Trinajstić information content (AvgIpc) is 3.26. The fraction of sp³-hybridized carbons (Fsp3) is 0.333. The Morgan fingerprint density at radius 3 is 2.50 bits per heavy atom. The Kier molecular flexibility index (Phi) is 5.45. The SMILES string of the molecule is Cn1c(=NC(=O)C2CCN(S(=O)(=O)c3ccc(Cl)s3)CC2)sc2ccccc21. The van der Waals surface area contributed by atoms with Gasteiger partial charge < -0.3 is 4.57 Å². The van der Waals surface area contributed by atoms with Crippen LogP contribution in [0.25, 0.3) is 10.2 Å². The van der Waals surface area contributed by atoms with Gasteiger partial charge in [0.2, 0.25) is 0 Å².